The molecule has 1 saturated heterocycles. The van der Waals surface area contributed by atoms with Crippen molar-refractivity contribution in [1.29, 1.82) is 0 Å². The summed E-state index contributed by atoms with van der Waals surface area (Å²) in [6.07, 6.45) is 2.12. The first kappa shape index (κ1) is 23.9. The lowest BCUT2D eigenvalue weighted by Gasteiger charge is -2.33. The normalized spacial score (nSPS) is 22.9. The van der Waals surface area contributed by atoms with Crippen LogP contribution in [0.25, 0.3) is 0 Å². The number of halogens is 3. The van der Waals surface area contributed by atoms with Gasteiger partial charge in [-0.1, -0.05) is 0 Å². The second kappa shape index (κ2) is 10.4. The molecule has 3 heterocycles. The molecular weight excluding hydrogens is 451 g/mol. The Balaban J connectivity index is 1.35. The molecule has 0 aromatic carbocycles. The number of ether oxygens (including phenoxy) is 1. The lowest BCUT2D eigenvalue weighted by molar-refractivity contribution is -0.185. The van der Waals surface area contributed by atoms with Gasteiger partial charge in [-0.3, -0.25) is 9.59 Å². The molecule has 0 bridgehead atoms. The van der Waals surface area contributed by atoms with Gasteiger partial charge in [0.1, 0.15) is 18.8 Å². The molecule has 1 N–H and O–H groups in total. The topological polar surface area (TPSA) is 97.3 Å². The average Bonchev–Trinajstić information content (AvgIpc) is 3.31. The molecule has 2 amide bonds. The van der Waals surface area contributed by atoms with Crippen LogP contribution in [0, 0.1) is 11.8 Å². The van der Waals surface area contributed by atoms with Gasteiger partial charge in [-0.05, 0) is 56.7 Å². The van der Waals surface area contributed by atoms with E-state index in [1.165, 1.54) is 18.7 Å². The summed E-state index contributed by atoms with van der Waals surface area (Å²) in [5.74, 6) is -1.68. The second-order valence-electron chi connectivity index (χ2n) is 8.63. The SMILES string of the molecule is O=C(Nc1ccncn1)c1ncccc1OC[C@H]1CCCN1C(=O)[C@H]1CC[C@H](C(F)(F)F)CC1. The van der Waals surface area contributed by atoms with Gasteiger partial charge >= 0.3 is 6.18 Å². The fourth-order valence-corrected chi connectivity index (χ4v) is 4.60. The van der Waals surface area contributed by atoms with Crippen LogP contribution in [0.2, 0.25) is 0 Å². The van der Waals surface area contributed by atoms with Crippen molar-refractivity contribution < 1.29 is 27.5 Å². The Bertz CT molecular complexity index is 997. The van der Waals surface area contributed by atoms with Crippen LogP contribution in [0.3, 0.4) is 0 Å². The van der Waals surface area contributed by atoms with E-state index >= 15 is 0 Å². The number of carbonyl (C=O) groups is 2. The maximum Gasteiger partial charge on any atom is 0.391 e. The number of amides is 2. The van der Waals surface area contributed by atoms with Gasteiger partial charge in [0.05, 0.1) is 12.0 Å². The molecule has 0 radical (unpaired) electrons. The van der Waals surface area contributed by atoms with Gasteiger partial charge in [-0.15, -0.1) is 0 Å². The predicted octanol–water partition coefficient (Wildman–Crippen LogP) is 3.86. The maximum atomic E-state index is 13.1. The van der Waals surface area contributed by atoms with E-state index in [1.807, 2.05) is 0 Å². The van der Waals surface area contributed by atoms with Crippen LogP contribution in [0.4, 0.5) is 19.0 Å². The minimum Gasteiger partial charge on any atom is -0.489 e. The first-order valence-electron chi connectivity index (χ1n) is 11.4. The third kappa shape index (κ3) is 5.63. The Hall–Kier alpha value is -3.24. The molecule has 4 rings (SSSR count). The number of nitrogens with one attached hydrogen (secondary N) is 1. The van der Waals surface area contributed by atoms with Crippen LogP contribution in [-0.2, 0) is 4.79 Å². The number of likely N-dealkylation sites (tertiary alicyclic amines) is 1. The molecule has 1 aliphatic carbocycles. The van der Waals surface area contributed by atoms with Gasteiger partial charge in [0, 0.05) is 24.9 Å². The number of rotatable bonds is 6. The van der Waals surface area contributed by atoms with Gasteiger partial charge in [0.15, 0.2) is 11.4 Å². The highest BCUT2D eigenvalue weighted by atomic mass is 19.4. The lowest BCUT2D eigenvalue weighted by atomic mass is 9.81. The summed E-state index contributed by atoms with van der Waals surface area (Å²) < 4.78 is 44.8. The largest absolute Gasteiger partial charge is 0.489 e. The molecule has 0 spiro atoms. The van der Waals surface area contributed by atoms with E-state index in [9.17, 15) is 22.8 Å². The predicted molar refractivity (Wildman–Crippen MR) is 116 cm³/mol. The molecule has 1 saturated carbocycles. The summed E-state index contributed by atoms with van der Waals surface area (Å²) in [4.78, 5) is 39.3. The highest BCUT2D eigenvalue weighted by molar-refractivity contribution is 6.04. The van der Waals surface area contributed by atoms with E-state index in [2.05, 4.69) is 20.3 Å². The summed E-state index contributed by atoms with van der Waals surface area (Å²) in [5.41, 5.74) is 0.0856. The Morgan fingerprint density at radius 2 is 1.88 bits per heavy atom. The van der Waals surface area contributed by atoms with E-state index in [1.54, 1.807) is 23.1 Å². The van der Waals surface area contributed by atoms with Gasteiger partial charge in [0.25, 0.3) is 5.91 Å². The molecule has 34 heavy (non-hydrogen) atoms. The van der Waals surface area contributed by atoms with Crippen molar-refractivity contribution in [3.8, 4) is 5.75 Å². The van der Waals surface area contributed by atoms with E-state index < -0.39 is 18.0 Å². The van der Waals surface area contributed by atoms with Crippen molar-refractivity contribution >= 4 is 17.6 Å². The van der Waals surface area contributed by atoms with Crippen molar-refractivity contribution in [1.82, 2.24) is 19.9 Å². The van der Waals surface area contributed by atoms with Crippen LogP contribution in [-0.4, -0.2) is 57.0 Å². The number of aromatic nitrogens is 3. The molecule has 182 valence electrons. The highest BCUT2D eigenvalue weighted by Crippen LogP contribution is 2.40. The Kier molecular flexibility index (Phi) is 7.28. The average molecular weight is 477 g/mol. The first-order chi connectivity index (χ1) is 16.3. The van der Waals surface area contributed by atoms with Gasteiger partial charge in [-0.25, -0.2) is 15.0 Å². The Morgan fingerprint density at radius 1 is 1.09 bits per heavy atom. The van der Waals surface area contributed by atoms with Crippen molar-refractivity contribution in [2.45, 2.75) is 50.7 Å². The molecule has 2 aromatic heterocycles. The smallest absolute Gasteiger partial charge is 0.391 e. The van der Waals surface area contributed by atoms with Crippen LogP contribution in [0.1, 0.15) is 49.0 Å². The minimum absolute atomic E-state index is 0.00456. The second-order valence-corrected chi connectivity index (χ2v) is 8.63. The molecule has 2 fully saturated rings. The van der Waals surface area contributed by atoms with Crippen LogP contribution < -0.4 is 10.1 Å². The van der Waals surface area contributed by atoms with E-state index in [4.69, 9.17) is 4.74 Å². The molecule has 0 unspecified atom stereocenters. The molecule has 1 aliphatic heterocycles. The standard InChI is InChI=1S/C23H26F3N5O3/c24-23(25,26)16-7-5-15(6-8-16)22(33)31-12-2-3-17(31)13-34-18-4-1-10-28-20(18)21(32)30-19-9-11-27-14-29-19/h1,4,9-11,14-17H,2-3,5-8,12-13H2,(H,27,29,30,32)/t15-,16-,17-/m1/s1. The summed E-state index contributed by atoms with van der Waals surface area (Å²) in [6, 6.07) is 4.62. The lowest BCUT2D eigenvalue weighted by Crippen LogP contribution is -2.44. The number of pyridine rings is 1. The van der Waals surface area contributed by atoms with Crippen LogP contribution >= 0.6 is 0 Å². The summed E-state index contributed by atoms with van der Waals surface area (Å²) in [6.45, 7) is 0.725. The van der Waals surface area contributed by atoms with E-state index in [-0.39, 0.29) is 61.6 Å². The quantitative estimate of drug-likeness (QED) is 0.679. The summed E-state index contributed by atoms with van der Waals surface area (Å²) >= 11 is 0. The number of anilines is 1. The number of alkyl halides is 3. The van der Waals surface area contributed by atoms with Crippen molar-refractivity contribution in [3.05, 3.63) is 42.6 Å². The monoisotopic (exact) mass is 477 g/mol. The molecule has 11 heteroatoms. The van der Waals surface area contributed by atoms with Gasteiger partial charge in [-0.2, -0.15) is 13.2 Å². The molecule has 2 aliphatic rings. The van der Waals surface area contributed by atoms with E-state index in [0.29, 0.717) is 12.4 Å². The van der Waals surface area contributed by atoms with Crippen molar-refractivity contribution in [2.24, 2.45) is 11.8 Å². The van der Waals surface area contributed by atoms with Crippen molar-refractivity contribution in [2.75, 3.05) is 18.5 Å². The number of hydrogen-bond donors (Lipinski definition) is 1. The number of hydrogen-bond acceptors (Lipinski definition) is 6. The molecule has 2 aromatic rings. The van der Waals surface area contributed by atoms with Gasteiger partial charge in [0.2, 0.25) is 5.91 Å². The third-order valence-corrected chi connectivity index (χ3v) is 6.44. The summed E-state index contributed by atoms with van der Waals surface area (Å²) in [5, 5.41) is 2.63. The Morgan fingerprint density at radius 3 is 2.59 bits per heavy atom. The zero-order valence-electron chi connectivity index (χ0n) is 18.5. The van der Waals surface area contributed by atoms with E-state index in [0.717, 1.165) is 12.8 Å². The molecule has 8 nitrogen and oxygen atoms in total. The molecular formula is C23H26F3N5O3. The zero-order chi connectivity index (χ0) is 24.1. The maximum absolute atomic E-state index is 13.1. The van der Waals surface area contributed by atoms with Gasteiger partial charge < -0.3 is 15.0 Å². The van der Waals surface area contributed by atoms with Crippen molar-refractivity contribution in [3.63, 3.8) is 0 Å². The Labute approximate surface area is 194 Å². The molecule has 1 atom stereocenters. The van der Waals surface area contributed by atoms with Crippen LogP contribution in [0.15, 0.2) is 36.9 Å². The fourth-order valence-electron chi connectivity index (χ4n) is 4.60. The van der Waals surface area contributed by atoms with Crippen LogP contribution in [0.5, 0.6) is 5.75 Å². The summed E-state index contributed by atoms with van der Waals surface area (Å²) in [7, 11) is 0. The zero-order valence-corrected chi connectivity index (χ0v) is 18.5. The third-order valence-electron chi connectivity index (χ3n) is 6.44. The highest BCUT2D eigenvalue weighted by Gasteiger charge is 2.44. The first-order valence-corrected chi connectivity index (χ1v) is 11.4. The fraction of sp³-hybridized carbons (Fsp3) is 0.522. The minimum atomic E-state index is -4.20. The number of carbonyl (C=O) groups excluding carboxylic acids is 2. The number of nitrogens with zero attached hydrogens (tertiary/aromatic N) is 4.